The van der Waals surface area contributed by atoms with Gasteiger partial charge in [0.2, 0.25) is 5.91 Å². The first kappa shape index (κ1) is 22.8. The molecular formula is C26H22N2O3S2. The van der Waals surface area contributed by atoms with Gasteiger partial charge in [-0.1, -0.05) is 78.6 Å². The minimum Gasteiger partial charge on any atom is -0.489 e. The summed E-state index contributed by atoms with van der Waals surface area (Å²) in [7, 11) is 0. The molecule has 0 atom stereocenters. The summed E-state index contributed by atoms with van der Waals surface area (Å²) in [6.07, 6.45) is 1.77. The maximum absolute atomic E-state index is 12.9. The molecule has 0 aromatic heterocycles. The number of carbonyl (C=O) groups excluding carboxylic acids is 2. The molecule has 0 bridgehead atoms. The van der Waals surface area contributed by atoms with Crippen molar-refractivity contribution in [1.82, 2.24) is 4.90 Å². The Balaban J connectivity index is 1.40. The molecule has 5 nitrogen and oxygen atoms in total. The van der Waals surface area contributed by atoms with Crippen LogP contribution in [0.25, 0.3) is 6.08 Å². The van der Waals surface area contributed by atoms with Crippen LogP contribution >= 0.6 is 24.0 Å². The van der Waals surface area contributed by atoms with E-state index < -0.39 is 0 Å². The van der Waals surface area contributed by atoms with Crippen LogP contribution in [0.1, 0.15) is 16.7 Å². The summed E-state index contributed by atoms with van der Waals surface area (Å²) in [5.74, 6) is 0.134. The average Bonchev–Trinajstić information content (AvgIpc) is 3.06. The molecule has 1 heterocycles. The standard InChI is InChI=1S/C26H22N2O3S2/c1-18-7-5-11-21(13-18)27-24(29)16-28-25(30)23(33-26(28)32)15-20-10-6-12-22(14-20)31-17-19-8-3-2-4-9-19/h2-15H,16-17H2,1H3,(H,27,29)/b23-15-. The van der Waals surface area contributed by atoms with E-state index in [9.17, 15) is 9.59 Å². The lowest BCUT2D eigenvalue weighted by atomic mass is 10.2. The summed E-state index contributed by atoms with van der Waals surface area (Å²) in [4.78, 5) is 27.2. The number of hydrogen-bond acceptors (Lipinski definition) is 5. The number of rotatable bonds is 7. The van der Waals surface area contributed by atoms with E-state index >= 15 is 0 Å². The Bertz CT molecular complexity index is 1220. The Kier molecular flexibility index (Phi) is 7.22. The number of benzene rings is 3. The highest BCUT2D eigenvalue weighted by Gasteiger charge is 2.33. The molecule has 1 aliphatic heterocycles. The van der Waals surface area contributed by atoms with Crippen LogP contribution in [0.3, 0.4) is 0 Å². The van der Waals surface area contributed by atoms with E-state index in [0.717, 1.165) is 16.7 Å². The molecule has 2 amide bonds. The molecule has 33 heavy (non-hydrogen) atoms. The highest BCUT2D eigenvalue weighted by molar-refractivity contribution is 8.26. The van der Waals surface area contributed by atoms with Gasteiger partial charge in [-0.15, -0.1) is 0 Å². The van der Waals surface area contributed by atoms with Gasteiger partial charge in [-0.2, -0.15) is 0 Å². The van der Waals surface area contributed by atoms with Gasteiger partial charge >= 0.3 is 0 Å². The molecule has 0 aliphatic carbocycles. The van der Waals surface area contributed by atoms with Gasteiger partial charge in [-0.25, -0.2) is 0 Å². The molecule has 0 radical (unpaired) electrons. The second-order valence-electron chi connectivity index (χ2n) is 7.53. The van der Waals surface area contributed by atoms with Crippen LogP contribution < -0.4 is 10.1 Å². The Morgan fingerprint density at radius 1 is 1.06 bits per heavy atom. The maximum atomic E-state index is 12.9. The third-order valence-electron chi connectivity index (χ3n) is 4.88. The molecule has 7 heteroatoms. The van der Waals surface area contributed by atoms with Crippen LogP contribution in [0.4, 0.5) is 5.69 Å². The molecule has 1 aliphatic rings. The normalized spacial score (nSPS) is 14.6. The van der Waals surface area contributed by atoms with Crippen molar-refractivity contribution in [2.45, 2.75) is 13.5 Å². The first-order chi connectivity index (χ1) is 16.0. The zero-order valence-electron chi connectivity index (χ0n) is 18.0. The highest BCUT2D eigenvalue weighted by Crippen LogP contribution is 2.33. The number of thioether (sulfide) groups is 1. The van der Waals surface area contributed by atoms with Crippen molar-refractivity contribution in [2.75, 3.05) is 11.9 Å². The van der Waals surface area contributed by atoms with Crippen molar-refractivity contribution in [3.05, 3.63) is 100 Å². The molecule has 166 valence electrons. The molecule has 0 spiro atoms. The molecule has 0 unspecified atom stereocenters. The monoisotopic (exact) mass is 474 g/mol. The summed E-state index contributed by atoms with van der Waals surface area (Å²) < 4.78 is 6.24. The van der Waals surface area contributed by atoms with Gasteiger partial charge in [-0.3, -0.25) is 14.5 Å². The van der Waals surface area contributed by atoms with Crippen LogP contribution in [0, 0.1) is 6.92 Å². The highest BCUT2D eigenvalue weighted by atomic mass is 32.2. The van der Waals surface area contributed by atoms with Crippen LogP contribution in [0.15, 0.2) is 83.8 Å². The zero-order chi connectivity index (χ0) is 23.2. The maximum Gasteiger partial charge on any atom is 0.266 e. The SMILES string of the molecule is Cc1cccc(NC(=O)CN2C(=O)/C(=C/c3cccc(OCc4ccccc4)c3)SC2=S)c1. The topological polar surface area (TPSA) is 58.6 Å². The van der Waals surface area contributed by atoms with Crippen LogP contribution in [0.5, 0.6) is 5.75 Å². The first-order valence-electron chi connectivity index (χ1n) is 10.4. The van der Waals surface area contributed by atoms with Gasteiger partial charge in [-0.05, 0) is 54.0 Å². The number of aryl methyl sites for hydroxylation is 1. The number of hydrogen-bond donors (Lipinski definition) is 1. The summed E-state index contributed by atoms with van der Waals surface area (Å²) in [5, 5.41) is 2.81. The van der Waals surface area contributed by atoms with Crippen LogP contribution in [-0.2, 0) is 16.2 Å². The van der Waals surface area contributed by atoms with E-state index in [1.54, 1.807) is 6.08 Å². The lowest BCUT2D eigenvalue weighted by Crippen LogP contribution is -2.36. The second kappa shape index (κ2) is 10.5. The minimum absolute atomic E-state index is 0.129. The molecule has 1 saturated heterocycles. The summed E-state index contributed by atoms with van der Waals surface area (Å²) in [6.45, 7) is 2.28. The third kappa shape index (κ3) is 6.09. The number of nitrogens with zero attached hydrogens (tertiary/aromatic N) is 1. The van der Waals surface area contributed by atoms with Gasteiger partial charge in [0.15, 0.2) is 0 Å². The van der Waals surface area contributed by atoms with Crippen LogP contribution in [-0.4, -0.2) is 27.6 Å². The molecular weight excluding hydrogens is 452 g/mol. The summed E-state index contributed by atoms with van der Waals surface area (Å²) in [5.41, 5.74) is 3.63. The van der Waals surface area contributed by atoms with Crippen molar-refractivity contribution in [2.24, 2.45) is 0 Å². The van der Waals surface area contributed by atoms with Gasteiger partial charge in [0, 0.05) is 5.69 Å². The van der Waals surface area contributed by atoms with Crippen molar-refractivity contribution in [3.63, 3.8) is 0 Å². The average molecular weight is 475 g/mol. The third-order valence-corrected chi connectivity index (χ3v) is 6.26. The number of anilines is 1. The van der Waals surface area contributed by atoms with Crippen molar-refractivity contribution in [1.29, 1.82) is 0 Å². The van der Waals surface area contributed by atoms with Crippen LogP contribution in [0.2, 0.25) is 0 Å². The van der Waals surface area contributed by atoms with Gasteiger partial charge < -0.3 is 10.1 Å². The Morgan fingerprint density at radius 3 is 2.64 bits per heavy atom. The van der Waals surface area contributed by atoms with Gasteiger partial charge in [0.25, 0.3) is 5.91 Å². The lowest BCUT2D eigenvalue weighted by molar-refractivity contribution is -0.126. The molecule has 3 aromatic carbocycles. The fourth-order valence-corrected chi connectivity index (χ4v) is 4.54. The van der Waals surface area contributed by atoms with E-state index in [0.29, 0.717) is 27.3 Å². The number of carbonyl (C=O) groups is 2. The quantitative estimate of drug-likeness (QED) is 0.366. The van der Waals surface area contributed by atoms with E-state index in [1.165, 1.54) is 16.7 Å². The van der Waals surface area contributed by atoms with E-state index in [2.05, 4.69) is 5.32 Å². The molecule has 1 fully saturated rings. The van der Waals surface area contributed by atoms with Gasteiger partial charge in [0.05, 0.1) is 4.91 Å². The summed E-state index contributed by atoms with van der Waals surface area (Å²) in [6, 6.07) is 24.9. The smallest absolute Gasteiger partial charge is 0.266 e. The molecule has 3 aromatic rings. The largest absolute Gasteiger partial charge is 0.489 e. The van der Waals surface area contributed by atoms with Gasteiger partial charge in [0.1, 0.15) is 23.2 Å². The van der Waals surface area contributed by atoms with Crippen molar-refractivity contribution < 1.29 is 14.3 Å². The first-order valence-corrected chi connectivity index (χ1v) is 11.6. The fraction of sp³-hybridized carbons (Fsp3) is 0.115. The fourth-order valence-electron chi connectivity index (χ4n) is 3.29. The zero-order valence-corrected chi connectivity index (χ0v) is 19.6. The molecule has 0 saturated carbocycles. The van der Waals surface area contributed by atoms with E-state index in [-0.39, 0.29) is 18.4 Å². The Labute approximate surface area is 202 Å². The lowest BCUT2D eigenvalue weighted by Gasteiger charge is -2.14. The van der Waals surface area contributed by atoms with Crippen molar-refractivity contribution in [3.8, 4) is 5.75 Å². The number of thiocarbonyl (C=S) groups is 1. The second-order valence-corrected chi connectivity index (χ2v) is 9.21. The number of ether oxygens (including phenoxy) is 1. The Morgan fingerprint density at radius 2 is 1.85 bits per heavy atom. The van der Waals surface area contributed by atoms with E-state index in [4.69, 9.17) is 17.0 Å². The predicted molar refractivity (Wildman–Crippen MR) is 137 cm³/mol. The number of nitrogens with one attached hydrogen (secondary N) is 1. The summed E-state index contributed by atoms with van der Waals surface area (Å²) >= 11 is 6.55. The Hall–Kier alpha value is -3.42. The minimum atomic E-state index is -0.297. The number of amides is 2. The molecule has 1 N–H and O–H groups in total. The van der Waals surface area contributed by atoms with Crippen molar-refractivity contribution >= 4 is 51.9 Å². The van der Waals surface area contributed by atoms with E-state index in [1.807, 2.05) is 85.8 Å². The molecule has 4 rings (SSSR count). The predicted octanol–water partition coefficient (Wildman–Crippen LogP) is 5.41.